The van der Waals surface area contributed by atoms with Crippen LogP contribution in [0.15, 0.2) is 84.9 Å². The van der Waals surface area contributed by atoms with Crippen molar-refractivity contribution in [3.63, 3.8) is 0 Å². The first kappa shape index (κ1) is 17.8. The van der Waals surface area contributed by atoms with Gasteiger partial charge in [0.15, 0.2) is 0 Å². The van der Waals surface area contributed by atoms with Crippen molar-refractivity contribution in [1.82, 2.24) is 0 Å². The van der Waals surface area contributed by atoms with E-state index in [0.29, 0.717) is 5.56 Å². The second-order valence-electron chi connectivity index (χ2n) is 5.77. The van der Waals surface area contributed by atoms with Crippen LogP contribution in [-0.4, -0.2) is 11.3 Å². The molecule has 130 valence electrons. The van der Waals surface area contributed by atoms with E-state index in [0.717, 1.165) is 11.1 Å². The molecule has 3 aromatic rings. The smallest absolute Gasteiger partial charge is 0.366 e. The van der Waals surface area contributed by atoms with Crippen LogP contribution in [0.4, 0.5) is 13.2 Å². The molecule has 3 aromatic carbocycles. The Morgan fingerprint density at radius 2 is 1.15 bits per heavy atom. The molecule has 0 aromatic heterocycles. The van der Waals surface area contributed by atoms with E-state index in [9.17, 15) is 18.3 Å². The lowest BCUT2D eigenvalue weighted by molar-refractivity contribution is -0.240. The average molecular weight is 352 g/mol. The monoisotopic (exact) mass is 352 g/mol. The summed E-state index contributed by atoms with van der Waals surface area (Å²) in [5.41, 5.74) is -1.51. The summed E-state index contributed by atoms with van der Waals surface area (Å²) >= 11 is 0. The van der Waals surface area contributed by atoms with Crippen LogP contribution < -0.4 is 0 Å². The summed E-state index contributed by atoms with van der Waals surface area (Å²) in [5, 5.41) is 10.3. The molecule has 0 aliphatic rings. The number of alkyl halides is 3. The number of hydrogen-bond donors (Lipinski definition) is 1. The number of halogens is 3. The maximum absolute atomic E-state index is 13.6. The van der Waals surface area contributed by atoms with E-state index in [1.54, 1.807) is 42.5 Å². The lowest BCUT2D eigenvalue weighted by Crippen LogP contribution is -2.41. The number of hydrogen-bond acceptors (Lipinski definition) is 1. The molecule has 0 bridgehead atoms. The van der Waals surface area contributed by atoms with Crippen LogP contribution in [0, 0.1) is 11.8 Å². The molecule has 0 amide bonds. The fourth-order valence-electron chi connectivity index (χ4n) is 2.53. The van der Waals surface area contributed by atoms with Gasteiger partial charge >= 0.3 is 6.18 Å². The fourth-order valence-corrected chi connectivity index (χ4v) is 2.53. The summed E-state index contributed by atoms with van der Waals surface area (Å²) in [6.45, 7) is 0. The molecule has 1 nitrogen and oxygen atoms in total. The fraction of sp³-hybridized carbons (Fsp3) is 0.0909. The van der Waals surface area contributed by atoms with E-state index in [1.165, 1.54) is 12.1 Å². The van der Waals surface area contributed by atoms with Crippen LogP contribution in [0.25, 0.3) is 11.1 Å². The minimum atomic E-state index is -4.93. The molecule has 0 aliphatic heterocycles. The van der Waals surface area contributed by atoms with Gasteiger partial charge in [-0.05, 0) is 29.2 Å². The zero-order chi connectivity index (χ0) is 18.6. The Bertz CT molecular complexity index is 920. The van der Waals surface area contributed by atoms with Gasteiger partial charge in [-0.1, -0.05) is 78.7 Å². The maximum Gasteiger partial charge on any atom is 0.433 e. The third kappa shape index (κ3) is 3.63. The normalized spacial score (nSPS) is 13.4. The van der Waals surface area contributed by atoms with Gasteiger partial charge in [0.25, 0.3) is 0 Å². The lowest BCUT2D eigenvalue weighted by atomic mass is 9.91. The molecule has 0 heterocycles. The summed E-state index contributed by atoms with van der Waals surface area (Å²) in [4.78, 5) is 0. The second kappa shape index (κ2) is 7.07. The Hall–Kier alpha value is -3.03. The van der Waals surface area contributed by atoms with Gasteiger partial charge < -0.3 is 5.11 Å². The first-order chi connectivity index (χ1) is 12.4. The van der Waals surface area contributed by atoms with E-state index in [1.807, 2.05) is 36.3 Å². The molecule has 4 heteroatoms. The summed E-state index contributed by atoms with van der Waals surface area (Å²) in [6, 6.07) is 23.1. The zero-order valence-corrected chi connectivity index (χ0v) is 13.7. The molecule has 0 fully saturated rings. The van der Waals surface area contributed by atoms with Crippen molar-refractivity contribution >= 4 is 0 Å². The molecule has 0 spiro atoms. The van der Waals surface area contributed by atoms with Gasteiger partial charge in [-0.3, -0.25) is 0 Å². The predicted octanol–water partition coefficient (Wildman–Crippen LogP) is 5.16. The Balaban J connectivity index is 2.00. The minimum Gasteiger partial charge on any atom is -0.366 e. The first-order valence-electron chi connectivity index (χ1n) is 7.93. The standard InChI is InChI=1S/C22H15F3O/c23-22(24,25)21(26,16-15-17-7-3-1-4-8-17)20-13-11-19(12-14-20)18-9-5-2-6-10-18/h1-14,26H. The van der Waals surface area contributed by atoms with Gasteiger partial charge in [0.1, 0.15) is 0 Å². The molecule has 0 aliphatic carbocycles. The molecule has 3 rings (SSSR count). The van der Waals surface area contributed by atoms with Crippen molar-refractivity contribution in [3.05, 3.63) is 96.1 Å². The van der Waals surface area contributed by atoms with Gasteiger partial charge in [-0.2, -0.15) is 13.2 Å². The number of aliphatic hydroxyl groups is 1. The average Bonchev–Trinajstić information content (AvgIpc) is 2.67. The molecule has 1 N–H and O–H groups in total. The minimum absolute atomic E-state index is 0.312. The highest BCUT2D eigenvalue weighted by Gasteiger charge is 2.54. The number of rotatable bonds is 2. The summed E-state index contributed by atoms with van der Waals surface area (Å²) < 4.78 is 40.7. The van der Waals surface area contributed by atoms with E-state index in [-0.39, 0.29) is 5.56 Å². The first-order valence-corrected chi connectivity index (χ1v) is 7.93. The quantitative estimate of drug-likeness (QED) is 0.632. The highest BCUT2D eigenvalue weighted by Crippen LogP contribution is 2.39. The van der Waals surface area contributed by atoms with Crippen molar-refractivity contribution in [2.75, 3.05) is 0 Å². The zero-order valence-electron chi connectivity index (χ0n) is 13.7. The third-order valence-electron chi connectivity index (χ3n) is 3.98. The molecule has 0 radical (unpaired) electrons. The lowest BCUT2D eigenvalue weighted by Gasteiger charge is -2.25. The van der Waals surface area contributed by atoms with E-state index in [4.69, 9.17) is 0 Å². The van der Waals surface area contributed by atoms with E-state index < -0.39 is 11.8 Å². The van der Waals surface area contributed by atoms with Crippen molar-refractivity contribution in [3.8, 4) is 23.0 Å². The third-order valence-corrected chi connectivity index (χ3v) is 3.98. The van der Waals surface area contributed by atoms with Gasteiger partial charge in [0.2, 0.25) is 5.60 Å². The van der Waals surface area contributed by atoms with Crippen LogP contribution in [0.5, 0.6) is 0 Å². The molecule has 0 saturated heterocycles. The molecule has 26 heavy (non-hydrogen) atoms. The van der Waals surface area contributed by atoms with E-state index >= 15 is 0 Å². The molecule has 0 saturated carbocycles. The van der Waals surface area contributed by atoms with Crippen molar-refractivity contribution in [2.24, 2.45) is 0 Å². The molecule has 1 unspecified atom stereocenters. The predicted molar refractivity (Wildman–Crippen MR) is 95.1 cm³/mol. The Morgan fingerprint density at radius 1 is 0.654 bits per heavy atom. The van der Waals surface area contributed by atoms with Crippen LogP contribution in [-0.2, 0) is 5.60 Å². The maximum atomic E-state index is 13.6. The van der Waals surface area contributed by atoms with Crippen molar-refractivity contribution in [1.29, 1.82) is 0 Å². The topological polar surface area (TPSA) is 20.2 Å². The summed E-state index contributed by atoms with van der Waals surface area (Å²) in [6.07, 6.45) is -4.93. The van der Waals surface area contributed by atoms with Crippen molar-refractivity contribution < 1.29 is 18.3 Å². The second-order valence-corrected chi connectivity index (χ2v) is 5.77. The number of benzene rings is 3. The highest BCUT2D eigenvalue weighted by molar-refractivity contribution is 5.64. The molecular formula is C22H15F3O. The van der Waals surface area contributed by atoms with Crippen LogP contribution in [0.2, 0.25) is 0 Å². The summed E-state index contributed by atoms with van der Waals surface area (Å²) in [7, 11) is 0. The highest BCUT2D eigenvalue weighted by atomic mass is 19.4. The Morgan fingerprint density at radius 3 is 1.69 bits per heavy atom. The van der Waals surface area contributed by atoms with Gasteiger partial charge in [0, 0.05) is 11.1 Å². The van der Waals surface area contributed by atoms with Gasteiger partial charge in [-0.25, -0.2) is 0 Å². The Labute approximate surface area is 149 Å². The van der Waals surface area contributed by atoms with Crippen LogP contribution >= 0.6 is 0 Å². The summed E-state index contributed by atoms with van der Waals surface area (Å²) in [5.74, 6) is 4.43. The SMILES string of the molecule is OC(C#Cc1ccccc1)(c1ccc(-c2ccccc2)cc1)C(F)(F)F. The van der Waals surface area contributed by atoms with Crippen molar-refractivity contribution in [2.45, 2.75) is 11.8 Å². The van der Waals surface area contributed by atoms with Gasteiger partial charge in [0.05, 0.1) is 0 Å². The Kier molecular flexibility index (Phi) is 4.83. The molecular weight excluding hydrogens is 337 g/mol. The molecule has 1 atom stereocenters. The van der Waals surface area contributed by atoms with E-state index in [2.05, 4.69) is 5.92 Å². The van der Waals surface area contributed by atoms with Gasteiger partial charge in [-0.15, -0.1) is 0 Å². The van der Waals surface area contributed by atoms with Crippen LogP contribution in [0.1, 0.15) is 11.1 Å². The van der Waals surface area contributed by atoms with Crippen LogP contribution in [0.3, 0.4) is 0 Å². The largest absolute Gasteiger partial charge is 0.433 e.